The van der Waals surface area contributed by atoms with Crippen LogP contribution in [-0.4, -0.2) is 10.9 Å². The van der Waals surface area contributed by atoms with Gasteiger partial charge in [0.25, 0.3) is 5.91 Å². The van der Waals surface area contributed by atoms with Gasteiger partial charge in [0.1, 0.15) is 11.5 Å². The number of hydrogen-bond donors (Lipinski definition) is 2. The SMILES string of the molecule is O=C(NCc1ccccc1F)c1ccc(NCc2ccccc2Cl)cn1. The quantitative estimate of drug-likeness (QED) is 0.676. The zero-order valence-corrected chi connectivity index (χ0v) is 14.6. The summed E-state index contributed by atoms with van der Waals surface area (Å²) in [7, 11) is 0. The van der Waals surface area contributed by atoms with Crippen LogP contribution in [0.25, 0.3) is 0 Å². The van der Waals surface area contributed by atoms with Gasteiger partial charge in [-0.05, 0) is 29.8 Å². The van der Waals surface area contributed by atoms with Gasteiger partial charge in [-0.15, -0.1) is 0 Å². The summed E-state index contributed by atoms with van der Waals surface area (Å²) >= 11 is 6.12. The third-order valence-electron chi connectivity index (χ3n) is 3.83. The molecule has 3 rings (SSSR count). The molecular weight excluding hydrogens is 353 g/mol. The molecular formula is C20H17ClFN3O. The average molecular weight is 370 g/mol. The molecule has 0 atom stereocenters. The highest BCUT2D eigenvalue weighted by Gasteiger charge is 2.08. The van der Waals surface area contributed by atoms with Crippen LogP contribution >= 0.6 is 11.6 Å². The van der Waals surface area contributed by atoms with Crippen LogP contribution in [-0.2, 0) is 13.1 Å². The maximum Gasteiger partial charge on any atom is 0.270 e. The molecule has 1 aromatic heterocycles. The summed E-state index contributed by atoms with van der Waals surface area (Å²) in [4.78, 5) is 16.3. The van der Waals surface area contributed by atoms with Crippen LogP contribution in [0.3, 0.4) is 0 Å². The van der Waals surface area contributed by atoms with Crippen molar-refractivity contribution in [1.29, 1.82) is 0 Å². The third kappa shape index (κ3) is 4.58. The Labute approximate surface area is 156 Å². The molecule has 6 heteroatoms. The lowest BCUT2D eigenvalue weighted by Crippen LogP contribution is -2.24. The Hall–Kier alpha value is -2.92. The molecule has 26 heavy (non-hydrogen) atoms. The number of halogens is 2. The van der Waals surface area contributed by atoms with Crippen LogP contribution in [0.4, 0.5) is 10.1 Å². The number of aromatic nitrogens is 1. The second-order valence-corrected chi connectivity index (χ2v) is 6.06. The van der Waals surface area contributed by atoms with Crippen molar-refractivity contribution in [2.45, 2.75) is 13.1 Å². The molecule has 0 radical (unpaired) electrons. The van der Waals surface area contributed by atoms with E-state index < -0.39 is 0 Å². The Balaban J connectivity index is 1.56. The highest BCUT2D eigenvalue weighted by molar-refractivity contribution is 6.31. The number of amides is 1. The summed E-state index contributed by atoms with van der Waals surface area (Å²) in [6.07, 6.45) is 1.58. The van der Waals surface area contributed by atoms with Crippen molar-refractivity contribution in [2.24, 2.45) is 0 Å². The smallest absolute Gasteiger partial charge is 0.270 e. The lowest BCUT2D eigenvalue weighted by atomic mass is 10.2. The summed E-state index contributed by atoms with van der Waals surface area (Å²) in [5.74, 6) is -0.703. The average Bonchev–Trinajstić information content (AvgIpc) is 2.67. The molecule has 0 saturated heterocycles. The number of nitrogens with one attached hydrogen (secondary N) is 2. The molecule has 1 amide bonds. The molecule has 0 unspecified atom stereocenters. The molecule has 4 nitrogen and oxygen atoms in total. The van der Waals surface area contributed by atoms with Crippen LogP contribution < -0.4 is 10.6 Å². The standard InChI is InChI=1S/C20H17ClFN3O/c21-17-7-3-1-5-14(17)11-23-16-9-10-19(24-13-16)20(26)25-12-15-6-2-4-8-18(15)22/h1-10,13,23H,11-12H2,(H,25,26). The first kappa shape index (κ1) is 17.9. The van der Waals surface area contributed by atoms with E-state index in [1.54, 1.807) is 36.5 Å². The minimum Gasteiger partial charge on any atom is -0.380 e. The Morgan fingerprint density at radius 2 is 1.69 bits per heavy atom. The predicted octanol–water partition coefficient (Wildman–Crippen LogP) is 4.42. The van der Waals surface area contributed by atoms with Gasteiger partial charge in [-0.2, -0.15) is 0 Å². The lowest BCUT2D eigenvalue weighted by Gasteiger charge is -2.09. The van der Waals surface area contributed by atoms with Crippen molar-refractivity contribution in [2.75, 3.05) is 5.32 Å². The minimum absolute atomic E-state index is 0.111. The molecule has 0 bridgehead atoms. The number of hydrogen-bond acceptors (Lipinski definition) is 3. The van der Waals surface area contributed by atoms with Crippen molar-refractivity contribution < 1.29 is 9.18 Å². The number of pyridine rings is 1. The molecule has 0 aliphatic rings. The van der Waals surface area contributed by atoms with E-state index in [1.165, 1.54) is 6.07 Å². The van der Waals surface area contributed by atoms with Gasteiger partial charge in [0.05, 0.1) is 11.9 Å². The van der Waals surface area contributed by atoms with Crippen LogP contribution in [0.1, 0.15) is 21.6 Å². The van der Waals surface area contributed by atoms with Crippen LogP contribution in [0.5, 0.6) is 0 Å². The largest absolute Gasteiger partial charge is 0.380 e. The van der Waals surface area contributed by atoms with Crippen LogP contribution in [0.15, 0.2) is 66.9 Å². The zero-order valence-electron chi connectivity index (χ0n) is 13.9. The fourth-order valence-electron chi connectivity index (χ4n) is 2.38. The number of benzene rings is 2. The van der Waals surface area contributed by atoms with E-state index in [4.69, 9.17) is 11.6 Å². The Morgan fingerprint density at radius 3 is 2.38 bits per heavy atom. The van der Waals surface area contributed by atoms with Gasteiger partial charge >= 0.3 is 0 Å². The highest BCUT2D eigenvalue weighted by atomic mass is 35.5. The van der Waals surface area contributed by atoms with E-state index in [-0.39, 0.29) is 24.0 Å². The molecule has 1 heterocycles. The van der Waals surface area contributed by atoms with Gasteiger partial charge in [0.2, 0.25) is 0 Å². The van der Waals surface area contributed by atoms with Gasteiger partial charge in [-0.3, -0.25) is 4.79 Å². The van der Waals surface area contributed by atoms with Crippen molar-refractivity contribution >= 4 is 23.2 Å². The minimum atomic E-state index is -0.356. The number of carbonyl (C=O) groups excluding carboxylic acids is 1. The molecule has 0 aliphatic carbocycles. The number of carbonyl (C=O) groups is 1. The molecule has 0 spiro atoms. The summed E-state index contributed by atoms with van der Waals surface area (Å²) in [5, 5.41) is 6.56. The van der Waals surface area contributed by atoms with Gasteiger partial charge in [0, 0.05) is 23.7 Å². The van der Waals surface area contributed by atoms with Gasteiger partial charge < -0.3 is 10.6 Å². The third-order valence-corrected chi connectivity index (χ3v) is 4.20. The van der Waals surface area contributed by atoms with Gasteiger partial charge in [-0.25, -0.2) is 9.37 Å². The van der Waals surface area contributed by atoms with E-state index in [1.807, 2.05) is 24.3 Å². The fourth-order valence-corrected chi connectivity index (χ4v) is 2.58. The number of nitrogens with zero attached hydrogens (tertiary/aromatic N) is 1. The first-order valence-corrected chi connectivity index (χ1v) is 8.46. The predicted molar refractivity (Wildman–Crippen MR) is 101 cm³/mol. The first-order valence-electron chi connectivity index (χ1n) is 8.08. The fraction of sp³-hybridized carbons (Fsp3) is 0.100. The van der Waals surface area contributed by atoms with E-state index >= 15 is 0 Å². The van der Waals surface area contributed by atoms with Gasteiger partial charge in [0.15, 0.2) is 0 Å². The molecule has 0 saturated carbocycles. The first-order chi connectivity index (χ1) is 12.6. The van der Waals surface area contributed by atoms with Crippen molar-refractivity contribution in [3.05, 3.63) is 94.5 Å². The molecule has 0 aliphatic heterocycles. The maximum absolute atomic E-state index is 13.6. The second kappa shape index (κ2) is 8.45. The van der Waals surface area contributed by atoms with Crippen molar-refractivity contribution in [3.63, 3.8) is 0 Å². The molecule has 2 N–H and O–H groups in total. The van der Waals surface area contributed by atoms with Gasteiger partial charge in [-0.1, -0.05) is 48.0 Å². The van der Waals surface area contributed by atoms with Crippen molar-refractivity contribution in [3.8, 4) is 0 Å². The zero-order chi connectivity index (χ0) is 18.4. The van der Waals surface area contributed by atoms with Crippen molar-refractivity contribution in [1.82, 2.24) is 10.3 Å². The second-order valence-electron chi connectivity index (χ2n) is 5.65. The van der Waals surface area contributed by atoms with E-state index in [0.29, 0.717) is 17.1 Å². The summed E-state index contributed by atoms with van der Waals surface area (Å²) in [6.45, 7) is 0.667. The molecule has 3 aromatic rings. The Bertz CT molecular complexity index is 900. The monoisotopic (exact) mass is 369 g/mol. The summed E-state index contributed by atoms with van der Waals surface area (Å²) in [5.41, 5.74) is 2.44. The topological polar surface area (TPSA) is 54.0 Å². The maximum atomic E-state index is 13.6. The summed E-state index contributed by atoms with van der Waals surface area (Å²) in [6, 6.07) is 17.3. The summed E-state index contributed by atoms with van der Waals surface area (Å²) < 4.78 is 13.6. The van der Waals surface area contributed by atoms with Crippen LogP contribution in [0, 0.1) is 5.82 Å². The molecule has 2 aromatic carbocycles. The normalized spacial score (nSPS) is 10.4. The Kier molecular flexibility index (Phi) is 5.81. The van der Waals surface area contributed by atoms with E-state index in [9.17, 15) is 9.18 Å². The number of rotatable bonds is 6. The molecule has 0 fully saturated rings. The number of anilines is 1. The van der Waals surface area contributed by atoms with E-state index in [0.717, 1.165) is 11.3 Å². The molecule has 132 valence electrons. The van der Waals surface area contributed by atoms with Crippen LogP contribution in [0.2, 0.25) is 5.02 Å². The van der Waals surface area contributed by atoms with E-state index in [2.05, 4.69) is 15.6 Å². The highest BCUT2D eigenvalue weighted by Crippen LogP contribution is 2.17. The lowest BCUT2D eigenvalue weighted by molar-refractivity contribution is 0.0945. The Morgan fingerprint density at radius 1 is 0.962 bits per heavy atom.